The Bertz CT molecular complexity index is 240. The number of carbonyl (C=O) groups excluding carboxylic acids is 2. The minimum absolute atomic E-state index is 0.0191. The molecule has 0 radical (unpaired) electrons. The molecule has 1 unspecified atom stereocenters. The molecule has 1 fully saturated rings. The zero-order chi connectivity index (χ0) is 11.3. The molecule has 0 spiro atoms. The van der Waals surface area contributed by atoms with Crippen LogP contribution in [-0.2, 0) is 9.59 Å². The zero-order valence-electron chi connectivity index (χ0n) is 9.28. The number of amides is 1. The Labute approximate surface area is 94.7 Å². The van der Waals surface area contributed by atoms with Crippen molar-refractivity contribution in [3.05, 3.63) is 0 Å². The SMILES string of the molecule is CC(=O)SCC(C)C(=O)NN1CCCC1. The normalized spacial score (nSPS) is 18.8. The number of hydrazine groups is 1. The fourth-order valence-electron chi connectivity index (χ4n) is 1.41. The summed E-state index contributed by atoms with van der Waals surface area (Å²) >= 11 is 1.21. The van der Waals surface area contributed by atoms with Gasteiger partial charge in [0.2, 0.25) is 5.91 Å². The van der Waals surface area contributed by atoms with Gasteiger partial charge in [-0.1, -0.05) is 18.7 Å². The number of nitrogens with zero attached hydrogens (tertiary/aromatic N) is 1. The molecule has 1 aliphatic rings. The summed E-state index contributed by atoms with van der Waals surface area (Å²) in [5, 5.41) is 2.02. The summed E-state index contributed by atoms with van der Waals surface area (Å²) in [7, 11) is 0. The van der Waals surface area contributed by atoms with Gasteiger partial charge < -0.3 is 0 Å². The first kappa shape index (κ1) is 12.5. The van der Waals surface area contributed by atoms with Crippen LogP contribution in [0.25, 0.3) is 0 Å². The molecule has 1 N–H and O–H groups in total. The Balaban J connectivity index is 2.22. The molecule has 1 rings (SSSR count). The number of nitrogens with one attached hydrogen (secondary N) is 1. The van der Waals surface area contributed by atoms with Crippen molar-refractivity contribution in [1.29, 1.82) is 0 Å². The van der Waals surface area contributed by atoms with Crippen LogP contribution in [0.3, 0.4) is 0 Å². The molecule has 0 bridgehead atoms. The van der Waals surface area contributed by atoms with Gasteiger partial charge in [0.25, 0.3) is 0 Å². The largest absolute Gasteiger partial charge is 0.289 e. The Hall–Kier alpha value is -0.550. The lowest BCUT2D eigenvalue weighted by Crippen LogP contribution is -2.43. The van der Waals surface area contributed by atoms with Gasteiger partial charge in [-0.2, -0.15) is 0 Å². The highest BCUT2D eigenvalue weighted by atomic mass is 32.2. The molecule has 1 amide bonds. The highest BCUT2D eigenvalue weighted by Crippen LogP contribution is 2.10. The molecular formula is C10H18N2O2S. The Morgan fingerprint density at radius 2 is 2.00 bits per heavy atom. The lowest BCUT2D eigenvalue weighted by molar-refractivity contribution is -0.128. The molecule has 86 valence electrons. The Morgan fingerprint density at radius 1 is 1.40 bits per heavy atom. The van der Waals surface area contributed by atoms with Gasteiger partial charge in [0.05, 0.1) is 0 Å². The highest BCUT2D eigenvalue weighted by molar-refractivity contribution is 8.13. The van der Waals surface area contributed by atoms with Crippen molar-refractivity contribution in [1.82, 2.24) is 10.4 Å². The molecular weight excluding hydrogens is 212 g/mol. The van der Waals surface area contributed by atoms with Crippen LogP contribution in [0.5, 0.6) is 0 Å². The zero-order valence-corrected chi connectivity index (χ0v) is 10.1. The molecule has 0 aromatic rings. The molecule has 0 aliphatic carbocycles. The molecule has 5 heteroatoms. The summed E-state index contributed by atoms with van der Waals surface area (Å²) < 4.78 is 0. The predicted octanol–water partition coefficient (Wildman–Crippen LogP) is 1.03. The second kappa shape index (κ2) is 6.12. The van der Waals surface area contributed by atoms with Crippen LogP contribution in [0, 0.1) is 5.92 Å². The van der Waals surface area contributed by atoms with Gasteiger partial charge in [-0.25, -0.2) is 5.01 Å². The van der Waals surface area contributed by atoms with Gasteiger partial charge in [-0.3, -0.25) is 15.0 Å². The van der Waals surface area contributed by atoms with Gasteiger partial charge in [-0.15, -0.1) is 0 Å². The molecule has 15 heavy (non-hydrogen) atoms. The van der Waals surface area contributed by atoms with Crippen LogP contribution in [0.2, 0.25) is 0 Å². The highest BCUT2D eigenvalue weighted by Gasteiger charge is 2.18. The monoisotopic (exact) mass is 230 g/mol. The summed E-state index contributed by atoms with van der Waals surface area (Å²) in [6.07, 6.45) is 2.30. The first-order chi connectivity index (χ1) is 7.09. The van der Waals surface area contributed by atoms with Crippen molar-refractivity contribution in [3.63, 3.8) is 0 Å². The van der Waals surface area contributed by atoms with Gasteiger partial charge in [0, 0.05) is 31.7 Å². The van der Waals surface area contributed by atoms with E-state index in [4.69, 9.17) is 0 Å². The molecule has 0 saturated carbocycles. The van der Waals surface area contributed by atoms with E-state index >= 15 is 0 Å². The summed E-state index contributed by atoms with van der Waals surface area (Å²) in [5.41, 5.74) is 2.87. The third-order valence-corrected chi connectivity index (χ3v) is 3.43. The van der Waals surface area contributed by atoms with Gasteiger partial charge >= 0.3 is 0 Å². The van der Waals surface area contributed by atoms with E-state index in [1.54, 1.807) is 0 Å². The number of rotatable bonds is 4. The molecule has 1 saturated heterocycles. The van der Waals surface area contributed by atoms with Crippen molar-refractivity contribution in [3.8, 4) is 0 Å². The topological polar surface area (TPSA) is 49.4 Å². The predicted molar refractivity (Wildman–Crippen MR) is 61.3 cm³/mol. The molecule has 4 nitrogen and oxygen atoms in total. The maximum Gasteiger partial charge on any atom is 0.237 e. The molecule has 1 heterocycles. The van der Waals surface area contributed by atoms with Crippen molar-refractivity contribution in [2.75, 3.05) is 18.8 Å². The lowest BCUT2D eigenvalue weighted by Gasteiger charge is -2.19. The first-order valence-corrected chi connectivity index (χ1v) is 6.27. The third kappa shape index (κ3) is 4.66. The van der Waals surface area contributed by atoms with E-state index in [1.165, 1.54) is 18.7 Å². The van der Waals surface area contributed by atoms with Gasteiger partial charge in [0.15, 0.2) is 5.12 Å². The average Bonchev–Trinajstić information content (AvgIpc) is 2.66. The van der Waals surface area contributed by atoms with E-state index < -0.39 is 0 Å². The molecule has 0 aromatic carbocycles. The summed E-state index contributed by atoms with van der Waals surface area (Å²) in [6.45, 7) is 5.26. The van der Waals surface area contributed by atoms with E-state index in [9.17, 15) is 9.59 Å². The van der Waals surface area contributed by atoms with Crippen molar-refractivity contribution in [2.24, 2.45) is 5.92 Å². The summed E-state index contributed by atoms with van der Waals surface area (Å²) in [4.78, 5) is 22.4. The smallest absolute Gasteiger partial charge is 0.237 e. The maximum atomic E-state index is 11.6. The van der Waals surface area contributed by atoms with Crippen molar-refractivity contribution >= 4 is 22.8 Å². The van der Waals surface area contributed by atoms with Crippen LogP contribution in [0.15, 0.2) is 0 Å². The van der Waals surface area contributed by atoms with E-state index in [0.29, 0.717) is 5.75 Å². The van der Waals surface area contributed by atoms with Gasteiger partial charge in [0.1, 0.15) is 0 Å². The molecule has 0 aromatic heterocycles. The van der Waals surface area contributed by atoms with Crippen LogP contribution in [0.4, 0.5) is 0 Å². The van der Waals surface area contributed by atoms with Crippen LogP contribution in [-0.4, -0.2) is 34.9 Å². The third-order valence-electron chi connectivity index (χ3n) is 2.36. The van der Waals surface area contributed by atoms with Crippen LogP contribution < -0.4 is 5.43 Å². The second-order valence-corrected chi connectivity index (χ2v) is 5.07. The fraction of sp³-hybridized carbons (Fsp3) is 0.800. The van der Waals surface area contributed by atoms with E-state index in [1.807, 2.05) is 11.9 Å². The standard InChI is InChI=1S/C10H18N2O2S/c1-8(7-15-9(2)13)10(14)11-12-5-3-4-6-12/h8H,3-7H2,1-2H3,(H,11,14). The van der Waals surface area contributed by atoms with Gasteiger partial charge in [-0.05, 0) is 12.8 Å². The number of thioether (sulfide) groups is 1. The lowest BCUT2D eigenvalue weighted by atomic mass is 10.2. The summed E-state index contributed by atoms with van der Waals surface area (Å²) in [5.74, 6) is 0.472. The van der Waals surface area contributed by atoms with E-state index in [0.717, 1.165) is 25.9 Å². The Kier molecular flexibility index (Phi) is 5.11. The second-order valence-electron chi connectivity index (χ2n) is 3.87. The van der Waals surface area contributed by atoms with Crippen molar-refractivity contribution in [2.45, 2.75) is 26.7 Å². The van der Waals surface area contributed by atoms with Crippen LogP contribution >= 0.6 is 11.8 Å². The fourth-order valence-corrected chi connectivity index (χ4v) is 2.05. The average molecular weight is 230 g/mol. The number of carbonyl (C=O) groups is 2. The van der Waals surface area contributed by atoms with Crippen LogP contribution in [0.1, 0.15) is 26.7 Å². The minimum atomic E-state index is -0.112. The Morgan fingerprint density at radius 3 is 2.53 bits per heavy atom. The maximum absolute atomic E-state index is 11.6. The van der Waals surface area contributed by atoms with E-state index in [-0.39, 0.29) is 16.9 Å². The summed E-state index contributed by atoms with van der Waals surface area (Å²) in [6, 6.07) is 0. The number of hydrogen-bond donors (Lipinski definition) is 1. The van der Waals surface area contributed by atoms with E-state index in [2.05, 4.69) is 5.43 Å². The molecule has 1 atom stereocenters. The first-order valence-electron chi connectivity index (χ1n) is 5.28. The minimum Gasteiger partial charge on any atom is -0.289 e. The quantitative estimate of drug-likeness (QED) is 0.783. The van der Waals surface area contributed by atoms with Crippen molar-refractivity contribution < 1.29 is 9.59 Å². The molecule has 1 aliphatic heterocycles. The number of hydrogen-bond acceptors (Lipinski definition) is 4.